The van der Waals surface area contributed by atoms with Gasteiger partial charge in [-0.2, -0.15) is 8.78 Å². The molecule has 0 atom stereocenters. The standard InChI is InChI=1S/C13H16FOS.C9H15BrF2O5S/c14-12-7-3-2-6-11(12)13(15)10-16-8-4-1-5-9-16;10-6-4-2-1-3-5-7-17-8(13)9(11,12)18(14,15)16/h2-3,6-7H,1,4-5,8-10H2;1-7H2,(H,14,15,16)/q+1;/p-1. The third kappa shape index (κ3) is 11.1. The number of carbonyl (C=O) groups is 2. The van der Waals surface area contributed by atoms with Gasteiger partial charge in [-0.1, -0.05) is 47.3 Å². The second kappa shape index (κ2) is 15.8. The molecule has 2 rings (SSSR count). The van der Waals surface area contributed by atoms with Gasteiger partial charge in [0, 0.05) is 5.33 Å². The first-order valence-electron chi connectivity index (χ1n) is 11.0. The zero-order valence-electron chi connectivity index (χ0n) is 18.8. The van der Waals surface area contributed by atoms with E-state index < -0.39 is 21.3 Å². The maximum absolute atomic E-state index is 13.4. The molecule has 1 aliphatic heterocycles. The van der Waals surface area contributed by atoms with E-state index in [9.17, 15) is 35.7 Å². The molecule has 12 heteroatoms. The Bertz CT molecular complexity index is 877. The van der Waals surface area contributed by atoms with E-state index in [0.717, 1.165) is 36.1 Å². The molecule has 0 aliphatic carbocycles. The van der Waals surface area contributed by atoms with E-state index in [1.165, 1.54) is 25.3 Å². The molecule has 0 spiro atoms. The van der Waals surface area contributed by atoms with Gasteiger partial charge in [-0.25, -0.2) is 17.6 Å². The van der Waals surface area contributed by atoms with E-state index in [2.05, 4.69) is 20.7 Å². The first-order chi connectivity index (χ1) is 16.0. The number of ketones is 1. The van der Waals surface area contributed by atoms with Gasteiger partial charge in [0.2, 0.25) is 5.78 Å². The summed E-state index contributed by atoms with van der Waals surface area (Å²) in [5.74, 6) is 0.135. The second-order valence-corrected chi connectivity index (χ2v) is 12.2. The molecule has 0 aromatic heterocycles. The Morgan fingerprint density at radius 1 is 1.03 bits per heavy atom. The van der Waals surface area contributed by atoms with Crippen molar-refractivity contribution in [2.24, 2.45) is 0 Å². The predicted octanol–water partition coefficient (Wildman–Crippen LogP) is 4.82. The topological polar surface area (TPSA) is 101 Å². The zero-order chi connectivity index (χ0) is 25.6. The normalized spacial score (nSPS) is 14.7. The lowest BCUT2D eigenvalue weighted by Gasteiger charge is -2.17. The fraction of sp³-hybridized carbons (Fsp3) is 0.636. The predicted molar refractivity (Wildman–Crippen MR) is 129 cm³/mol. The van der Waals surface area contributed by atoms with Crippen LogP contribution in [0.4, 0.5) is 13.2 Å². The SMILES string of the molecule is O=C(C[S+]1CCCCC1)c1ccccc1F.O=C(OCCCCCCCBr)C(F)(F)S(=O)(=O)[O-]. The summed E-state index contributed by atoms with van der Waals surface area (Å²) in [7, 11) is -5.82. The molecule has 0 bridgehead atoms. The monoisotopic (exact) mass is 590 g/mol. The van der Waals surface area contributed by atoms with Crippen LogP contribution in [0, 0.1) is 5.82 Å². The Labute approximate surface area is 210 Å². The number of hydrogen-bond acceptors (Lipinski definition) is 6. The maximum Gasteiger partial charge on any atom is 0.428 e. The minimum atomic E-state index is -6.02. The molecule has 0 radical (unpaired) electrons. The number of ether oxygens (including phenoxy) is 1. The van der Waals surface area contributed by atoms with Crippen LogP contribution in [-0.2, 0) is 30.5 Å². The molecule has 0 saturated carbocycles. The second-order valence-electron chi connectivity index (χ2n) is 7.69. The summed E-state index contributed by atoms with van der Waals surface area (Å²) in [5, 5.41) is -4.13. The summed E-state index contributed by atoms with van der Waals surface area (Å²) < 4.78 is 73.0. The van der Waals surface area contributed by atoms with Gasteiger partial charge < -0.3 is 9.29 Å². The van der Waals surface area contributed by atoms with E-state index in [4.69, 9.17) is 0 Å². The van der Waals surface area contributed by atoms with Gasteiger partial charge in [0.15, 0.2) is 15.9 Å². The van der Waals surface area contributed by atoms with E-state index >= 15 is 0 Å². The molecule has 1 aromatic rings. The van der Waals surface area contributed by atoms with Crippen molar-refractivity contribution in [3.05, 3.63) is 35.6 Å². The van der Waals surface area contributed by atoms with E-state index in [0.29, 0.717) is 18.6 Å². The van der Waals surface area contributed by atoms with Crippen molar-refractivity contribution in [2.75, 3.05) is 29.2 Å². The summed E-state index contributed by atoms with van der Waals surface area (Å²) in [6.07, 6.45) is 7.59. The van der Waals surface area contributed by atoms with Crippen LogP contribution in [0.1, 0.15) is 61.7 Å². The number of halogens is 4. The molecular formula is C22H30BrF3O6S2. The van der Waals surface area contributed by atoms with Crippen LogP contribution < -0.4 is 0 Å². The number of unbranched alkanes of at least 4 members (excludes halogenated alkanes) is 4. The summed E-state index contributed by atoms with van der Waals surface area (Å²) in [6.45, 7) is -0.321. The van der Waals surface area contributed by atoms with Crippen molar-refractivity contribution in [3.63, 3.8) is 0 Å². The van der Waals surface area contributed by atoms with Crippen molar-refractivity contribution in [1.29, 1.82) is 0 Å². The Morgan fingerprint density at radius 3 is 2.21 bits per heavy atom. The van der Waals surface area contributed by atoms with Crippen LogP contribution in [0.2, 0.25) is 0 Å². The summed E-state index contributed by atoms with van der Waals surface area (Å²) in [4.78, 5) is 22.6. The Hall–Kier alpha value is -1.11. The number of hydrogen-bond donors (Lipinski definition) is 0. The van der Waals surface area contributed by atoms with Gasteiger partial charge in [0.1, 0.15) is 17.3 Å². The number of alkyl halides is 3. The van der Waals surface area contributed by atoms with Crippen molar-refractivity contribution < 1.29 is 40.5 Å². The van der Waals surface area contributed by atoms with E-state index in [1.54, 1.807) is 18.2 Å². The number of carbonyl (C=O) groups excluding carboxylic acids is 2. The number of rotatable bonds is 12. The van der Waals surface area contributed by atoms with Gasteiger partial charge in [-0.05, 0) is 55.1 Å². The fourth-order valence-corrected chi connectivity index (χ4v) is 5.97. The molecular weight excluding hydrogens is 561 g/mol. The van der Waals surface area contributed by atoms with Crippen LogP contribution in [0.15, 0.2) is 24.3 Å². The molecule has 1 aliphatic rings. The lowest BCUT2D eigenvalue weighted by atomic mass is 10.1. The molecule has 1 aromatic carbocycles. The Morgan fingerprint density at radius 2 is 1.62 bits per heavy atom. The molecule has 1 fully saturated rings. The van der Waals surface area contributed by atoms with Gasteiger partial charge >= 0.3 is 11.2 Å². The molecule has 1 heterocycles. The van der Waals surface area contributed by atoms with Crippen molar-refractivity contribution in [2.45, 2.75) is 56.6 Å². The van der Waals surface area contributed by atoms with Crippen LogP contribution in [0.5, 0.6) is 0 Å². The quantitative estimate of drug-likeness (QED) is 0.0863. The first-order valence-corrected chi connectivity index (χ1v) is 15.2. The minimum Gasteiger partial charge on any atom is -0.743 e. The fourth-order valence-electron chi connectivity index (χ4n) is 3.06. The highest BCUT2D eigenvalue weighted by molar-refractivity contribution is 9.09. The summed E-state index contributed by atoms with van der Waals surface area (Å²) in [6, 6.07) is 6.29. The lowest BCUT2D eigenvalue weighted by Crippen LogP contribution is -2.39. The average molecular weight is 592 g/mol. The minimum absolute atomic E-state index is 0.0247. The lowest BCUT2D eigenvalue weighted by molar-refractivity contribution is -0.161. The Kier molecular flexibility index (Phi) is 14.4. The third-order valence-electron chi connectivity index (χ3n) is 4.94. The molecule has 6 nitrogen and oxygen atoms in total. The third-order valence-corrected chi connectivity index (χ3v) is 8.70. The van der Waals surface area contributed by atoms with Gasteiger partial charge in [0.05, 0.1) is 12.2 Å². The maximum atomic E-state index is 13.4. The summed E-state index contributed by atoms with van der Waals surface area (Å²) in [5.41, 5.74) is 0.264. The van der Waals surface area contributed by atoms with E-state index in [1.807, 2.05) is 0 Å². The van der Waals surface area contributed by atoms with E-state index in [-0.39, 0.29) is 34.7 Å². The van der Waals surface area contributed by atoms with Crippen molar-refractivity contribution in [3.8, 4) is 0 Å². The van der Waals surface area contributed by atoms with Crippen molar-refractivity contribution >= 4 is 48.7 Å². The highest BCUT2D eigenvalue weighted by Gasteiger charge is 2.48. The largest absolute Gasteiger partial charge is 0.743 e. The summed E-state index contributed by atoms with van der Waals surface area (Å²) >= 11 is 3.25. The van der Waals surface area contributed by atoms with Crippen LogP contribution in [-0.4, -0.2) is 59.2 Å². The van der Waals surface area contributed by atoms with Crippen LogP contribution >= 0.6 is 15.9 Å². The van der Waals surface area contributed by atoms with Gasteiger partial charge in [-0.15, -0.1) is 0 Å². The van der Waals surface area contributed by atoms with Crippen LogP contribution in [0.3, 0.4) is 0 Å². The van der Waals surface area contributed by atoms with Crippen LogP contribution in [0.25, 0.3) is 0 Å². The average Bonchev–Trinajstić information content (AvgIpc) is 2.79. The molecule has 1 saturated heterocycles. The number of Topliss-reactive ketones (excluding diaryl/α,β-unsaturated/α-hetero) is 1. The number of esters is 1. The van der Waals surface area contributed by atoms with Gasteiger partial charge in [0.25, 0.3) is 0 Å². The molecule has 0 unspecified atom stereocenters. The number of benzene rings is 1. The molecule has 194 valence electrons. The molecule has 0 amide bonds. The van der Waals surface area contributed by atoms with Gasteiger partial charge in [-0.3, -0.25) is 4.79 Å². The zero-order valence-corrected chi connectivity index (χ0v) is 22.0. The molecule has 34 heavy (non-hydrogen) atoms. The highest BCUT2D eigenvalue weighted by Crippen LogP contribution is 2.22. The van der Waals surface area contributed by atoms with Crippen molar-refractivity contribution in [1.82, 2.24) is 0 Å². The molecule has 0 N–H and O–H groups in total. The highest BCUT2D eigenvalue weighted by atomic mass is 79.9. The smallest absolute Gasteiger partial charge is 0.428 e. The first kappa shape index (κ1) is 30.9. The Balaban J connectivity index is 0.000000341.